The Balaban J connectivity index is 1.67. The van der Waals surface area contributed by atoms with Crippen LogP contribution in [-0.2, 0) is 6.54 Å². The fourth-order valence-corrected chi connectivity index (χ4v) is 2.20. The largest absolute Gasteiger partial charge is 0.375 e. The molecular formula is C17H17FN4O. The minimum atomic E-state index is -0.257. The first kappa shape index (κ1) is 15.0. The van der Waals surface area contributed by atoms with Crippen LogP contribution in [0.1, 0.15) is 5.56 Å². The maximum Gasteiger partial charge on any atom is 0.264 e. The lowest BCUT2D eigenvalue weighted by molar-refractivity contribution is 0.432. The van der Waals surface area contributed by atoms with Gasteiger partial charge in [0.1, 0.15) is 5.82 Å². The molecule has 6 heteroatoms. The molecule has 23 heavy (non-hydrogen) atoms. The van der Waals surface area contributed by atoms with Gasteiger partial charge in [0.25, 0.3) is 11.8 Å². The number of aromatic nitrogens is 2. The summed E-state index contributed by atoms with van der Waals surface area (Å²) in [6.45, 7) is 0.415. The molecule has 0 radical (unpaired) electrons. The van der Waals surface area contributed by atoms with Crippen LogP contribution in [0.5, 0.6) is 0 Å². The van der Waals surface area contributed by atoms with E-state index in [4.69, 9.17) is 4.52 Å². The Kier molecular flexibility index (Phi) is 4.23. The van der Waals surface area contributed by atoms with Crippen molar-refractivity contribution in [3.05, 3.63) is 59.9 Å². The molecule has 3 rings (SSSR count). The molecular weight excluding hydrogens is 295 g/mol. The third-order valence-corrected chi connectivity index (χ3v) is 3.39. The highest BCUT2D eigenvalue weighted by atomic mass is 19.1. The van der Waals surface area contributed by atoms with E-state index in [9.17, 15) is 4.39 Å². The average Bonchev–Trinajstić information content (AvgIpc) is 3.02. The van der Waals surface area contributed by atoms with E-state index in [0.29, 0.717) is 24.1 Å². The molecule has 0 spiro atoms. The molecule has 1 aromatic heterocycles. The Morgan fingerprint density at radius 1 is 1.13 bits per heavy atom. The molecule has 0 bridgehead atoms. The first-order valence-corrected chi connectivity index (χ1v) is 7.22. The van der Waals surface area contributed by atoms with Crippen LogP contribution in [0.15, 0.2) is 53.1 Å². The Morgan fingerprint density at radius 2 is 1.91 bits per heavy atom. The third kappa shape index (κ3) is 3.48. The summed E-state index contributed by atoms with van der Waals surface area (Å²) in [4.78, 5) is 6.01. The molecule has 0 aliphatic heterocycles. The predicted octanol–water partition coefficient (Wildman–Crippen LogP) is 3.55. The number of anilines is 2. The van der Waals surface area contributed by atoms with Gasteiger partial charge in [0.2, 0.25) is 0 Å². The average molecular weight is 312 g/mol. The summed E-state index contributed by atoms with van der Waals surface area (Å²) >= 11 is 0. The molecule has 0 aliphatic carbocycles. The summed E-state index contributed by atoms with van der Waals surface area (Å²) < 4.78 is 19.1. The quantitative estimate of drug-likeness (QED) is 0.781. The summed E-state index contributed by atoms with van der Waals surface area (Å²) in [5, 5.41) is 6.91. The van der Waals surface area contributed by atoms with E-state index in [2.05, 4.69) is 15.5 Å². The van der Waals surface area contributed by atoms with Crippen LogP contribution in [0.4, 0.5) is 16.0 Å². The van der Waals surface area contributed by atoms with Crippen molar-refractivity contribution in [2.24, 2.45) is 0 Å². The lowest BCUT2D eigenvalue weighted by Gasteiger charge is -2.14. The fraction of sp³-hybridized carbons (Fsp3) is 0.176. The van der Waals surface area contributed by atoms with Crippen LogP contribution in [0.2, 0.25) is 0 Å². The van der Waals surface area contributed by atoms with Crippen molar-refractivity contribution in [1.82, 2.24) is 10.1 Å². The first-order valence-electron chi connectivity index (χ1n) is 7.22. The van der Waals surface area contributed by atoms with Crippen LogP contribution in [0.25, 0.3) is 11.5 Å². The summed E-state index contributed by atoms with van der Waals surface area (Å²) in [5.74, 6) is 0.565. The van der Waals surface area contributed by atoms with Gasteiger partial charge in [-0.2, -0.15) is 4.98 Å². The molecule has 3 aromatic rings. The predicted molar refractivity (Wildman–Crippen MR) is 87.8 cm³/mol. The van der Waals surface area contributed by atoms with Crippen molar-refractivity contribution in [3.8, 4) is 11.5 Å². The number of hydrogen-bond donors (Lipinski definition) is 1. The van der Waals surface area contributed by atoms with Crippen LogP contribution in [0.3, 0.4) is 0 Å². The minimum Gasteiger partial charge on any atom is -0.375 e. The summed E-state index contributed by atoms with van der Waals surface area (Å²) in [6.07, 6.45) is 0. The number of halogens is 1. The standard InChI is InChI=1S/C17H17FN4O/c1-22(2)15-9-8-12(10-14(15)18)11-19-17-20-16(23-21-17)13-6-4-3-5-7-13/h3-10H,11H2,1-2H3,(H,19,21). The van der Waals surface area contributed by atoms with Crippen molar-refractivity contribution >= 4 is 11.6 Å². The third-order valence-electron chi connectivity index (χ3n) is 3.39. The lowest BCUT2D eigenvalue weighted by Crippen LogP contribution is -2.11. The zero-order valence-electron chi connectivity index (χ0n) is 13.0. The first-order chi connectivity index (χ1) is 11.1. The Morgan fingerprint density at radius 3 is 2.61 bits per heavy atom. The van der Waals surface area contributed by atoms with Crippen molar-refractivity contribution < 1.29 is 8.91 Å². The Hall–Kier alpha value is -2.89. The topological polar surface area (TPSA) is 54.2 Å². The lowest BCUT2D eigenvalue weighted by atomic mass is 10.2. The van der Waals surface area contributed by atoms with Gasteiger partial charge in [-0.1, -0.05) is 24.3 Å². The van der Waals surface area contributed by atoms with Gasteiger partial charge in [-0.25, -0.2) is 4.39 Å². The number of nitrogens with one attached hydrogen (secondary N) is 1. The molecule has 118 valence electrons. The molecule has 0 saturated heterocycles. The van der Waals surface area contributed by atoms with E-state index in [1.165, 1.54) is 6.07 Å². The fourth-order valence-electron chi connectivity index (χ4n) is 2.20. The number of nitrogens with zero attached hydrogens (tertiary/aromatic N) is 3. The Bertz CT molecular complexity index is 786. The smallest absolute Gasteiger partial charge is 0.264 e. The molecule has 1 N–H and O–H groups in total. The maximum atomic E-state index is 13.9. The second-order valence-electron chi connectivity index (χ2n) is 5.32. The van der Waals surface area contributed by atoms with Crippen LogP contribution >= 0.6 is 0 Å². The number of rotatable bonds is 5. The summed E-state index contributed by atoms with van der Waals surface area (Å²) in [5.41, 5.74) is 2.22. The minimum absolute atomic E-state index is 0.257. The van der Waals surface area contributed by atoms with Crippen LogP contribution in [-0.4, -0.2) is 24.2 Å². The summed E-state index contributed by atoms with van der Waals surface area (Å²) in [6, 6.07) is 14.6. The van der Waals surface area contributed by atoms with Gasteiger partial charge in [0, 0.05) is 26.2 Å². The van der Waals surface area contributed by atoms with Crippen LogP contribution in [0, 0.1) is 5.82 Å². The van der Waals surface area contributed by atoms with Gasteiger partial charge < -0.3 is 14.7 Å². The van der Waals surface area contributed by atoms with Gasteiger partial charge in [-0.15, -0.1) is 0 Å². The zero-order valence-corrected chi connectivity index (χ0v) is 13.0. The normalized spacial score (nSPS) is 10.6. The van der Waals surface area contributed by atoms with Crippen LogP contribution < -0.4 is 10.2 Å². The molecule has 0 amide bonds. The number of benzene rings is 2. The molecule has 0 fully saturated rings. The zero-order chi connectivity index (χ0) is 16.2. The molecule has 2 aromatic carbocycles. The van der Waals surface area contributed by atoms with Gasteiger partial charge in [0.15, 0.2) is 0 Å². The van der Waals surface area contributed by atoms with E-state index >= 15 is 0 Å². The highest BCUT2D eigenvalue weighted by molar-refractivity contribution is 5.54. The number of hydrogen-bond acceptors (Lipinski definition) is 5. The monoisotopic (exact) mass is 312 g/mol. The van der Waals surface area contributed by atoms with Crippen molar-refractivity contribution in [3.63, 3.8) is 0 Å². The van der Waals surface area contributed by atoms with Gasteiger partial charge >= 0.3 is 0 Å². The van der Waals surface area contributed by atoms with Gasteiger partial charge in [-0.3, -0.25) is 0 Å². The molecule has 0 saturated carbocycles. The van der Waals surface area contributed by atoms with E-state index in [-0.39, 0.29) is 5.82 Å². The van der Waals surface area contributed by atoms with Gasteiger partial charge in [-0.05, 0) is 35.0 Å². The molecule has 0 aliphatic rings. The maximum absolute atomic E-state index is 13.9. The van der Waals surface area contributed by atoms with Crippen molar-refractivity contribution in [2.75, 3.05) is 24.3 Å². The Labute approximate surface area is 133 Å². The van der Waals surface area contributed by atoms with E-state index in [1.54, 1.807) is 25.1 Å². The van der Waals surface area contributed by atoms with E-state index in [1.807, 2.05) is 36.4 Å². The SMILES string of the molecule is CN(C)c1ccc(CNc2noc(-c3ccccc3)n2)cc1F. The molecule has 1 heterocycles. The summed E-state index contributed by atoms with van der Waals surface area (Å²) in [7, 11) is 3.61. The van der Waals surface area contributed by atoms with Crippen molar-refractivity contribution in [2.45, 2.75) is 6.54 Å². The second-order valence-corrected chi connectivity index (χ2v) is 5.32. The molecule has 5 nitrogen and oxygen atoms in total. The molecule has 0 unspecified atom stereocenters. The highest BCUT2D eigenvalue weighted by Gasteiger charge is 2.09. The van der Waals surface area contributed by atoms with E-state index in [0.717, 1.165) is 11.1 Å². The highest BCUT2D eigenvalue weighted by Crippen LogP contribution is 2.20. The molecule has 0 atom stereocenters. The van der Waals surface area contributed by atoms with Crippen molar-refractivity contribution in [1.29, 1.82) is 0 Å². The second kappa shape index (κ2) is 6.48. The van der Waals surface area contributed by atoms with Gasteiger partial charge in [0.05, 0.1) is 5.69 Å². The van der Waals surface area contributed by atoms with E-state index < -0.39 is 0 Å².